The zero-order valence-electron chi connectivity index (χ0n) is 6.36. The molecule has 0 aliphatic carbocycles. The van der Waals surface area contributed by atoms with Gasteiger partial charge in [0.05, 0.1) is 0 Å². The number of rotatable bonds is 0. The van der Waals surface area contributed by atoms with Crippen molar-refractivity contribution in [1.29, 1.82) is 0 Å². The van der Waals surface area contributed by atoms with Crippen molar-refractivity contribution in [2.24, 2.45) is 0 Å². The second kappa shape index (κ2) is 6.63. The van der Waals surface area contributed by atoms with Crippen LogP contribution in [0.5, 0.6) is 0 Å². The topological polar surface area (TPSA) is 25.8 Å². The lowest BCUT2D eigenvalue weighted by molar-refractivity contribution is 1.12. The summed E-state index contributed by atoms with van der Waals surface area (Å²) in [5, 5.41) is 0. The number of nitrogens with zero attached hydrogens (tertiary/aromatic N) is 2. The van der Waals surface area contributed by atoms with E-state index < -0.39 is 0 Å². The zero-order chi connectivity index (χ0) is 7.82. The normalized spacial score (nSPS) is 8.40. The molecule has 1 aromatic rings. The Morgan fingerprint density at radius 2 is 1.60 bits per heavy atom. The van der Waals surface area contributed by atoms with Crippen LogP contribution in [0.25, 0.3) is 0 Å². The van der Waals surface area contributed by atoms with Gasteiger partial charge >= 0.3 is 0 Å². The highest BCUT2D eigenvalue weighted by Gasteiger charge is 1.68. The van der Waals surface area contributed by atoms with Crippen LogP contribution in [-0.4, -0.2) is 15.6 Å². The molecule has 0 spiro atoms. The highest BCUT2D eigenvalue weighted by atomic mass is 31.0. The third kappa shape index (κ3) is 10.5. The summed E-state index contributed by atoms with van der Waals surface area (Å²) in [5.41, 5.74) is 0.750. The molecule has 0 N–H and O–H groups in total. The Hall–Kier alpha value is -0.490. The van der Waals surface area contributed by atoms with Crippen molar-refractivity contribution in [2.45, 2.75) is 19.5 Å². The molecule has 0 radical (unpaired) electrons. The molecule has 1 heterocycles. The molecule has 1 rings (SSSR count). The minimum Gasteiger partial charge on any atom is -0.245 e. The second-order valence-electron chi connectivity index (χ2n) is 2.15. The summed E-state index contributed by atoms with van der Waals surface area (Å²) in [6, 6.07) is 1.78. The molecule has 0 bridgehead atoms. The molecular formula is C7H13N2P. The Labute approximate surface area is 64.3 Å². The van der Waals surface area contributed by atoms with E-state index in [0.717, 1.165) is 5.66 Å². The van der Waals surface area contributed by atoms with E-state index in [1.165, 1.54) is 6.33 Å². The van der Waals surface area contributed by atoms with E-state index >= 15 is 0 Å². The molecule has 3 heteroatoms. The monoisotopic (exact) mass is 156 g/mol. The molecule has 0 saturated carbocycles. The van der Waals surface area contributed by atoms with E-state index in [-0.39, 0.29) is 0 Å². The van der Waals surface area contributed by atoms with Gasteiger partial charge in [0.1, 0.15) is 6.33 Å². The second-order valence-corrected chi connectivity index (χ2v) is 3.48. The largest absolute Gasteiger partial charge is 0.245 e. The van der Waals surface area contributed by atoms with Crippen LogP contribution in [-0.2, 0) is 0 Å². The summed E-state index contributed by atoms with van der Waals surface area (Å²) in [6.45, 7) is 4.26. The lowest BCUT2D eigenvalue weighted by atomic mass is 10.6. The van der Waals surface area contributed by atoms with Crippen LogP contribution in [0.4, 0.5) is 0 Å². The minimum atomic E-state index is 0.750. The molecule has 0 aliphatic rings. The van der Waals surface area contributed by atoms with E-state index in [1.54, 1.807) is 18.5 Å². The summed E-state index contributed by atoms with van der Waals surface area (Å²) >= 11 is 0. The molecular weight excluding hydrogens is 143 g/mol. The number of hydrogen-bond acceptors (Lipinski definition) is 2. The molecule has 1 atom stereocenters. The maximum atomic E-state index is 3.67. The molecule has 10 heavy (non-hydrogen) atoms. The first kappa shape index (κ1) is 9.51. The van der Waals surface area contributed by atoms with E-state index in [2.05, 4.69) is 33.1 Å². The molecule has 0 aromatic carbocycles. The van der Waals surface area contributed by atoms with Gasteiger partial charge in [-0.05, 0) is 11.7 Å². The van der Waals surface area contributed by atoms with Gasteiger partial charge in [-0.3, -0.25) is 0 Å². The maximum absolute atomic E-state index is 3.67. The molecule has 0 amide bonds. The van der Waals surface area contributed by atoms with Gasteiger partial charge in [-0.25, -0.2) is 9.97 Å². The van der Waals surface area contributed by atoms with Crippen LogP contribution in [0.3, 0.4) is 0 Å². The van der Waals surface area contributed by atoms with Gasteiger partial charge < -0.3 is 0 Å². The fourth-order valence-electron chi connectivity index (χ4n) is 0.253. The molecule has 56 valence electrons. The van der Waals surface area contributed by atoms with Crippen LogP contribution >= 0.6 is 9.24 Å². The van der Waals surface area contributed by atoms with Crippen LogP contribution in [0.1, 0.15) is 13.8 Å². The van der Waals surface area contributed by atoms with Gasteiger partial charge in [-0.2, -0.15) is 0 Å². The fraction of sp³-hybridized carbons (Fsp3) is 0.429. The van der Waals surface area contributed by atoms with E-state index in [1.807, 2.05) is 0 Å². The quantitative estimate of drug-likeness (QED) is 0.535. The van der Waals surface area contributed by atoms with Crippen LogP contribution in [0.2, 0.25) is 0 Å². The van der Waals surface area contributed by atoms with Crippen molar-refractivity contribution >= 4 is 9.24 Å². The van der Waals surface area contributed by atoms with Crippen molar-refractivity contribution in [2.75, 3.05) is 0 Å². The summed E-state index contributed by atoms with van der Waals surface area (Å²) in [6.07, 6.45) is 4.88. The summed E-state index contributed by atoms with van der Waals surface area (Å²) in [5.74, 6) is 0. The van der Waals surface area contributed by atoms with Gasteiger partial charge in [0, 0.05) is 12.4 Å². The van der Waals surface area contributed by atoms with Gasteiger partial charge in [-0.1, -0.05) is 13.8 Å². The Morgan fingerprint density at radius 3 is 1.70 bits per heavy atom. The Balaban J connectivity index is 0.000000180. The molecule has 1 unspecified atom stereocenters. The number of aromatic nitrogens is 2. The molecule has 0 aliphatic heterocycles. The van der Waals surface area contributed by atoms with E-state index in [4.69, 9.17) is 0 Å². The average Bonchev–Trinajstić information content (AvgIpc) is 1.90. The van der Waals surface area contributed by atoms with E-state index in [0.29, 0.717) is 0 Å². The molecule has 0 saturated heterocycles. The lowest BCUT2D eigenvalue weighted by Crippen LogP contribution is -1.69. The van der Waals surface area contributed by atoms with Gasteiger partial charge in [0.15, 0.2) is 0 Å². The predicted octanol–water partition coefficient (Wildman–Crippen LogP) is 1.75. The minimum absolute atomic E-state index is 0.750. The summed E-state index contributed by atoms with van der Waals surface area (Å²) in [7, 11) is 2.66. The Bertz CT molecular complexity index is 112. The van der Waals surface area contributed by atoms with Crippen molar-refractivity contribution in [3.63, 3.8) is 0 Å². The smallest absolute Gasteiger partial charge is 0.115 e. The number of hydrogen-bond donors (Lipinski definition) is 0. The lowest BCUT2D eigenvalue weighted by Gasteiger charge is -1.79. The first-order valence-corrected chi connectivity index (χ1v) is 3.85. The third-order valence-corrected chi connectivity index (χ3v) is 0.478. The Morgan fingerprint density at radius 1 is 1.20 bits per heavy atom. The summed E-state index contributed by atoms with van der Waals surface area (Å²) in [4.78, 5) is 7.35. The standard InChI is InChI=1S/C4H4N2.C3H9P/c1-2-5-4-6-3-1;1-3(2)4/h1-4H;3H,4H2,1-2H3. The van der Waals surface area contributed by atoms with Crippen molar-refractivity contribution in [3.8, 4) is 0 Å². The van der Waals surface area contributed by atoms with E-state index in [9.17, 15) is 0 Å². The molecule has 1 aromatic heterocycles. The SMILES string of the molecule is CC(C)P.c1cncnc1. The highest BCUT2D eigenvalue weighted by Crippen LogP contribution is 1.90. The van der Waals surface area contributed by atoms with Crippen LogP contribution < -0.4 is 0 Å². The van der Waals surface area contributed by atoms with Crippen molar-refractivity contribution < 1.29 is 0 Å². The first-order chi connectivity index (χ1) is 4.73. The predicted molar refractivity (Wildman–Crippen MR) is 46.9 cm³/mol. The van der Waals surface area contributed by atoms with Crippen LogP contribution in [0, 0.1) is 0 Å². The van der Waals surface area contributed by atoms with Crippen molar-refractivity contribution in [3.05, 3.63) is 24.8 Å². The first-order valence-electron chi connectivity index (χ1n) is 3.19. The zero-order valence-corrected chi connectivity index (χ0v) is 7.51. The van der Waals surface area contributed by atoms with Gasteiger partial charge in [0.2, 0.25) is 0 Å². The molecule has 2 nitrogen and oxygen atoms in total. The maximum Gasteiger partial charge on any atom is 0.115 e. The van der Waals surface area contributed by atoms with Crippen molar-refractivity contribution in [1.82, 2.24) is 9.97 Å². The van der Waals surface area contributed by atoms with Crippen LogP contribution in [0.15, 0.2) is 24.8 Å². The highest BCUT2D eigenvalue weighted by molar-refractivity contribution is 7.17. The average molecular weight is 156 g/mol. The Kier molecular flexibility index (Phi) is 6.30. The summed E-state index contributed by atoms with van der Waals surface area (Å²) < 4.78 is 0. The molecule has 0 fully saturated rings. The third-order valence-electron chi connectivity index (χ3n) is 0.478. The van der Waals surface area contributed by atoms with Gasteiger partial charge in [-0.15, -0.1) is 9.24 Å². The fourth-order valence-corrected chi connectivity index (χ4v) is 0.253. The van der Waals surface area contributed by atoms with Gasteiger partial charge in [0.25, 0.3) is 0 Å².